The molecule has 3 heteroatoms. The van der Waals surface area contributed by atoms with Crippen LogP contribution >= 0.6 is 0 Å². The summed E-state index contributed by atoms with van der Waals surface area (Å²) in [5.41, 5.74) is 0.569. The number of aromatic nitrogens is 2. The van der Waals surface area contributed by atoms with Crippen molar-refractivity contribution >= 4 is 0 Å². The third-order valence-electron chi connectivity index (χ3n) is 3.18. The molecule has 1 fully saturated rings. The third-order valence-corrected chi connectivity index (χ3v) is 3.18. The molecule has 0 aliphatic heterocycles. The van der Waals surface area contributed by atoms with Crippen molar-refractivity contribution in [2.24, 2.45) is 12.5 Å². The van der Waals surface area contributed by atoms with E-state index in [9.17, 15) is 0 Å². The first-order valence-corrected chi connectivity index (χ1v) is 5.31. The molecule has 0 amide bonds. The smallest absolute Gasteiger partial charge is 0.125 e. The van der Waals surface area contributed by atoms with Crippen molar-refractivity contribution in [3.05, 3.63) is 18.2 Å². The van der Waals surface area contributed by atoms with Gasteiger partial charge in [0, 0.05) is 26.0 Å². The molecule has 1 aromatic heterocycles. The average molecular weight is 193 g/mol. The van der Waals surface area contributed by atoms with Crippen LogP contribution in [0.1, 0.15) is 38.6 Å². The SMILES string of the molecule is CC(NCC1(C)CC1)c1nccn1C. The minimum absolute atomic E-state index is 0.354. The Kier molecular flexibility index (Phi) is 2.35. The lowest BCUT2D eigenvalue weighted by atomic mass is 10.1. The van der Waals surface area contributed by atoms with Crippen molar-refractivity contribution in [1.82, 2.24) is 14.9 Å². The Hall–Kier alpha value is -0.830. The standard InChI is InChI=1S/C11H19N3/c1-9(10-12-6-7-14(10)3)13-8-11(2)4-5-11/h6-7,9,13H,4-5,8H2,1-3H3. The average Bonchev–Trinajstić information content (AvgIpc) is 2.72. The summed E-state index contributed by atoms with van der Waals surface area (Å²) in [4.78, 5) is 4.34. The monoisotopic (exact) mass is 193 g/mol. The molecule has 1 N–H and O–H groups in total. The van der Waals surface area contributed by atoms with Crippen LogP contribution in [0.25, 0.3) is 0 Å². The van der Waals surface area contributed by atoms with Crippen molar-refractivity contribution in [1.29, 1.82) is 0 Å². The fraction of sp³-hybridized carbons (Fsp3) is 0.727. The van der Waals surface area contributed by atoms with Crippen LogP contribution in [0.2, 0.25) is 0 Å². The molecule has 3 nitrogen and oxygen atoms in total. The summed E-state index contributed by atoms with van der Waals surface area (Å²) in [5.74, 6) is 1.12. The van der Waals surface area contributed by atoms with Crippen molar-refractivity contribution in [3.8, 4) is 0 Å². The summed E-state index contributed by atoms with van der Waals surface area (Å²) in [6.45, 7) is 5.63. The molecule has 14 heavy (non-hydrogen) atoms. The molecule has 1 unspecified atom stereocenters. The predicted molar refractivity (Wildman–Crippen MR) is 57.0 cm³/mol. The van der Waals surface area contributed by atoms with Gasteiger partial charge < -0.3 is 9.88 Å². The van der Waals surface area contributed by atoms with E-state index in [1.54, 1.807) is 0 Å². The van der Waals surface area contributed by atoms with E-state index in [4.69, 9.17) is 0 Å². The van der Waals surface area contributed by atoms with Gasteiger partial charge in [0.1, 0.15) is 5.82 Å². The summed E-state index contributed by atoms with van der Waals surface area (Å²) >= 11 is 0. The summed E-state index contributed by atoms with van der Waals surface area (Å²) < 4.78 is 2.08. The lowest BCUT2D eigenvalue weighted by molar-refractivity contribution is 0.441. The molecule has 1 aliphatic carbocycles. The highest BCUT2D eigenvalue weighted by molar-refractivity contribution is 4.99. The van der Waals surface area contributed by atoms with Crippen LogP contribution in [-0.2, 0) is 7.05 Å². The van der Waals surface area contributed by atoms with Gasteiger partial charge in [-0.05, 0) is 25.2 Å². The predicted octanol–water partition coefficient (Wildman–Crippen LogP) is 1.87. The molecular formula is C11H19N3. The fourth-order valence-electron chi connectivity index (χ4n) is 1.68. The van der Waals surface area contributed by atoms with Gasteiger partial charge in [0.15, 0.2) is 0 Å². The normalized spacial score (nSPS) is 20.8. The number of hydrogen-bond donors (Lipinski definition) is 1. The molecule has 2 rings (SSSR count). The Balaban J connectivity index is 1.89. The zero-order valence-corrected chi connectivity index (χ0v) is 9.25. The van der Waals surface area contributed by atoms with E-state index in [1.165, 1.54) is 12.8 Å². The van der Waals surface area contributed by atoms with E-state index < -0.39 is 0 Å². The van der Waals surface area contributed by atoms with Gasteiger partial charge in [-0.25, -0.2) is 4.98 Å². The van der Waals surface area contributed by atoms with Crippen molar-refractivity contribution < 1.29 is 0 Å². The number of imidazole rings is 1. The first-order chi connectivity index (χ1) is 6.61. The number of rotatable bonds is 4. The quantitative estimate of drug-likeness (QED) is 0.791. The lowest BCUT2D eigenvalue weighted by Gasteiger charge is -2.16. The van der Waals surface area contributed by atoms with E-state index in [2.05, 4.69) is 28.7 Å². The maximum atomic E-state index is 4.34. The summed E-state index contributed by atoms with van der Waals surface area (Å²) in [7, 11) is 2.04. The highest BCUT2D eigenvalue weighted by atomic mass is 15.1. The maximum absolute atomic E-state index is 4.34. The molecule has 1 atom stereocenters. The second kappa shape index (κ2) is 3.39. The zero-order chi connectivity index (χ0) is 10.2. The molecule has 1 saturated carbocycles. The molecule has 1 aliphatic rings. The number of nitrogens with zero attached hydrogens (tertiary/aromatic N) is 2. The van der Waals surface area contributed by atoms with Gasteiger partial charge in [0.05, 0.1) is 6.04 Å². The van der Waals surface area contributed by atoms with Crippen LogP contribution in [0.3, 0.4) is 0 Å². The van der Waals surface area contributed by atoms with Crippen LogP contribution in [0.15, 0.2) is 12.4 Å². The van der Waals surface area contributed by atoms with Crippen LogP contribution < -0.4 is 5.32 Å². The van der Waals surface area contributed by atoms with Crippen LogP contribution in [0.4, 0.5) is 0 Å². The summed E-state index contributed by atoms with van der Waals surface area (Å²) in [5, 5.41) is 3.54. The van der Waals surface area contributed by atoms with E-state index in [0.717, 1.165) is 12.4 Å². The fourth-order valence-corrected chi connectivity index (χ4v) is 1.68. The Bertz CT molecular complexity index is 312. The Morgan fingerprint density at radius 2 is 2.36 bits per heavy atom. The topological polar surface area (TPSA) is 29.9 Å². The van der Waals surface area contributed by atoms with E-state index >= 15 is 0 Å². The minimum Gasteiger partial charge on any atom is -0.337 e. The van der Waals surface area contributed by atoms with Gasteiger partial charge in [-0.15, -0.1) is 0 Å². The number of hydrogen-bond acceptors (Lipinski definition) is 2. The van der Waals surface area contributed by atoms with Gasteiger partial charge in [-0.2, -0.15) is 0 Å². The second-order valence-corrected chi connectivity index (χ2v) is 4.81. The molecule has 0 spiro atoms. The molecule has 0 aromatic carbocycles. The third kappa shape index (κ3) is 1.98. The van der Waals surface area contributed by atoms with Crippen molar-refractivity contribution in [2.75, 3.05) is 6.54 Å². The van der Waals surface area contributed by atoms with Crippen molar-refractivity contribution in [3.63, 3.8) is 0 Å². The molecule has 0 bridgehead atoms. The van der Waals surface area contributed by atoms with E-state index in [1.807, 2.05) is 19.4 Å². The van der Waals surface area contributed by atoms with Gasteiger partial charge in [0.25, 0.3) is 0 Å². The Labute approximate surface area is 85.5 Å². The highest BCUT2D eigenvalue weighted by Gasteiger charge is 2.37. The van der Waals surface area contributed by atoms with Crippen LogP contribution in [0, 0.1) is 5.41 Å². The largest absolute Gasteiger partial charge is 0.337 e. The highest BCUT2D eigenvalue weighted by Crippen LogP contribution is 2.44. The van der Waals surface area contributed by atoms with Crippen molar-refractivity contribution in [2.45, 2.75) is 32.7 Å². The lowest BCUT2D eigenvalue weighted by Crippen LogP contribution is -2.27. The van der Waals surface area contributed by atoms with E-state index in [0.29, 0.717) is 11.5 Å². The molecule has 78 valence electrons. The summed E-state index contributed by atoms with van der Waals surface area (Å²) in [6, 6.07) is 0.354. The van der Waals surface area contributed by atoms with Crippen LogP contribution in [0.5, 0.6) is 0 Å². The Morgan fingerprint density at radius 1 is 1.64 bits per heavy atom. The van der Waals surface area contributed by atoms with Gasteiger partial charge in [-0.1, -0.05) is 6.92 Å². The van der Waals surface area contributed by atoms with Gasteiger partial charge in [0.2, 0.25) is 0 Å². The molecule has 1 heterocycles. The van der Waals surface area contributed by atoms with Gasteiger partial charge in [-0.3, -0.25) is 0 Å². The molecule has 0 radical (unpaired) electrons. The molecular weight excluding hydrogens is 174 g/mol. The van der Waals surface area contributed by atoms with Gasteiger partial charge >= 0.3 is 0 Å². The van der Waals surface area contributed by atoms with Crippen LogP contribution in [-0.4, -0.2) is 16.1 Å². The zero-order valence-electron chi connectivity index (χ0n) is 9.25. The second-order valence-electron chi connectivity index (χ2n) is 4.81. The molecule has 1 aromatic rings. The number of nitrogens with one attached hydrogen (secondary N) is 1. The molecule has 0 saturated heterocycles. The van der Waals surface area contributed by atoms with E-state index in [-0.39, 0.29) is 0 Å². The first kappa shape index (κ1) is 9.71. The Morgan fingerprint density at radius 3 is 2.86 bits per heavy atom. The number of aryl methyl sites for hydroxylation is 1. The first-order valence-electron chi connectivity index (χ1n) is 5.31. The minimum atomic E-state index is 0.354. The maximum Gasteiger partial charge on any atom is 0.125 e. The summed E-state index contributed by atoms with van der Waals surface area (Å²) in [6.07, 6.45) is 6.58.